The van der Waals surface area contributed by atoms with Crippen LogP contribution in [-0.2, 0) is 8.85 Å². The Morgan fingerprint density at radius 1 is 1.40 bits per heavy atom. The van der Waals surface area contributed by atoms with Crippen molar-refractivity contribution in [3.05, 3.63) is 12.7 Å². The molecule has 0 saturated carbocycles. The minimum Gasteiger partial charge on any atom is -0.398 e. The fourth-order valence-corrected chi connectivity index (χ4v) is 1.54. The molecule has 0 aliphatic carbocycles. The zero-order chi connectivity index (χ0) is 7.33. The molecule has 0 rings (SSSR count). The average molecular weight is 163 g/mol. The number of hydrogen-bond donors (Lipinski definition) is 1. The van der Waals surface area contributed by atoms with Crippen LogP contribution in [0.1, 0.15) is 0 Å². The van der Waals surface area contributed by atoms with E-state index >= 15 is 0 Å². The summed E-state index contributed by atoms with van der Waals surface area (Å²) in [5.74, 6) is 0. The highest BCUT2D eigenvalue weighted by Gasteiger charge is 2.25. The van der Waals surface area contributed by atoms with E-state index in [1.807, 2.05) is 12.6 Å². The van der Waals surface area contributed by atoms with Gasteiger partial charge in [-0.1, -0.05) is 6.08 Å². The molecule has 0 heterocycles. The van der Waals surface area contributed by atoms with Gasteiger partial charge in [-0.3, -0.25) is 0 Å². The van der Waals surface area contributed by atoms with Crippen LogP contribution in [0.25, 0.3) is 0 Å². The zero-order valence-corrected chi connectivity index (χ0v) is 8.02. The maximum atomic E-state index is 5.17. The van der Waals surface area contributed by atoms with Crippen molar-refractivity contribution < 1.29 is 8.85 Å². The molecule has 0 aliphatic heterocycles. The van der Waals surface area contributed by atoms with Crippen molar-refractivity contribution in [1.29, 1.82) is 0 Å². The molecule has 0 saturated heterocycles. The Morgan fingerprint density at radius 3 is 1.90 bits per heavy atom. The third kappa shape index (κ3) is 3.79. The Labute approximate surface area is 63.9 Å². The van der Waals surface area contributed by atoms with Crippen molar-refractivity contribution in [2.24, 2.45) is 0 Å². The zero-order valence-electron chi connectivity index (χ0n) is 7.02. The van der Waals surface area contributed by atoms with Gasteiger partial charge in [0.25, 0.3) is 0 Å². The fraction of sp³-hybridized carbons (Fsp3) is 0.667. The minimum atomic E-state index is -1.82. The summed E-state index contributed by atoms with van der Waals surface area (Å²) in [7, 11) is 1.54. The first-order chi connectivity index (χ1) is 4.18. The number of rotatable bonds is 4. The highest BCUT2D eigenvalue weighted by atomic mass is 28.4. The molecule has 0 atom stereocenters. The van der Waals surface area contributed by atoms with Gasteiger partial charge in [0.2, 0.25) is 0 Å². The molecule has 0 radical (unpaired) electrons. The lowest BCUT2D eigenvalue weighted by Crippen LogP contribution is -2.34. The standard InChI is InChI=1S/C6H14O2Si.H3N/c1-5-6-9(4,7-2)8-3;/h5H,1,6H2,2-4H3;1H3. The Balaban J connectivity index is 0. The second-order valence-electron chi connectivity index (χ2n) is 2.03. The first-order valence-electron chi connectivity index (χ1n) is 2.89. The molecule has 0 unspecified atom stereocenters. The molecule has 0 aromatic heterocycles. The van der Waals surface area contributed by atoms with Crippen LogP contribution in [0.3, 0.4) is 0 Å². The average Bonchev–Trinajstić information content (AvgIpc) is 1.89. The summed E-state index contributed by atoms with van der Waals surface area (Å²) in [4.78, 5) is 0. The van der Waals surface area contributed by atoms with E-state index in [9.17, 15) is 0 Å². The van der Waals surface area contributed by atoms with Crippen LogP contribution in [0, 0.1) is 0 Å². The molecular weight excluding hydrogens is 146 g/mol. The highest BCUT2D eigenvalue weighted by molar-refractivity contribution is 6.66. The van der Waals surface area contributed by atoms with E-state index in [4.69, 9.17) is 8.85 Å². The maximum absolute atomic E-state index is 5.17. The minimum absolute atomic E-state index is 0. The molecular formula is C6H17NO2Si. The van der Waals surface area contributed by atoms with Gasteiger partial charge < -0.3 is 15.0 Å². The van der Waals surface area contributed by atoms with Crippen LogP contribution in [0.15, 0.2) is 12.7 Å². The molecule has 0 amide bonds. The third-order valence-electron chi connectivity index (χ3n) is 1.38. The maximum Gasteiger partial charge on any atom is 0.338 e. The fourth-order valence-electron chi connectivity index (χ4n) is 0.512. The van der Waals surface area contributed by atoms with Crippen molar-refractivity contribution in [3.63, 3.8) is 0 Å². The van der Waals surface area contributed by atoms with Crippen LogP contribution in [0.4, 0.5) is 0 Å². The summed E-state index contributed by atoms with van der Waals surface area (Å²) >= 11 is 0. The first kappa shape index (κ1) is 12.5. The van der Waals surface area contributed by atoms with Crippen molar-refractivity contribution in [2.45, 2.75) is 12.6 Å². The van der Waals surface area contributed by atoms with Gasteiger partial charge in [0.05, 0.1) is 0 Å². The monoisotopic (exact) mass is 163 g/mol. The first-order valence-corrected chi connectivity index (χ1v) is 5.42. The van der Waals surface area contributed by atoms with Crippen molar-refractivity contribution in [3.8, 4) is 0 Å². The molecule has 3 nitrogen and oxygen atoms in total. The molecule has 0 fully saturated rings. The predicted molar refractivity (Wildman–Crippen MR) is 45.7 cm³/mol. The summed E-state index contributed by atoms with van der Waals surface area (Å²) in [6.07, 6.45) is 1.83. The van der Waals surface area contributed by atoms with Crippen LogP contribution < -0.4 is 6.15 Å². The Hall–Kier alpha value is -0.163. The van der Waals surface area contributed by atoms with Crippen molar-refractivity contribution in [2.75, 3.05) is 14.2 Å². The lowest BCUT2D eigenvalue weighted by Gasteiger charge is -2.20. The van der Waals surface area contributed by atoms with Crippen molar-refractivity contribution >= 4 is 8.56 Å². The molecule has 0 aliphatic rings. The van der Waals surface area contributed by atoms with Crippen molar-refractivity contribution in [1.82, 2.24) is 6.15 Å². The van der Waals surface area contributed by atoms with E-state index in [2.05, 4.69) is 6.58 Å². The second-order valence-corrected chi connectivity index (χ2v) is 5.53. The molecule has 10 heavy (non-hydrogen) atoms. The number of hydrogen-bond acceptors (Lipinski definition) is 3. The van der Waals surface area contributed by atoms with Gasteiger partial charge in [-0.15, -0.1) is 6.58 Å². The Morgan fingerprint density at radius 2 is 1.80 bits per heavy atom. The molecule has 0 aromatic rings. The summed E-state index contributed by atoms with van der Waals surface area (Å²) in [6.45, 7) is 5.62. The van der Waals surface area contributed by atoms with Gasteiger partial charge in [0.1, 0.15) is 0 Å². The van der Waals surface area contributed by atoms with Gasteiger partial charge in [-0.05, 0) is 6.55 Å². The Bertz CT molecular complexity index is 93.7. The van der Waals surface area contributed by atoms with E-state index in [1.54, 1.807) is 14.2 Å². The van der Waals surface area contributed by atoms with E-state index in [-0.39, 0.29) is 6.15 Å². The molecule has 62 valence electrons. The van der Waals surface area contributed by atoms with E-state index in [1.165, 1.54) is 0 Å². The van der Waals surface area contributed by atoms with Crippen LogP contribution in [-0.4, -0.2) is 22.8 Å². The smallest absolute Gasteiger partial charge is 0.338 e. The predicted octanol–water partition coefficient (Wildman–Crippen LogP) is 1.70. The summed E-state index contributed by atoms with van der Waals surface area (Å²) in [5, 5.41) is 0. The molecule has 0 spiro atoms. The van der Waals surface area contributed by atoms with Gasteiger partial charge in [-0.25, -0.2) is 0 Å². The topological polar surface area (TPSA) is 53.5 Å². The highest BCUT2D eigenvalue weighted by Crippen LogP contribution is 2.10. The van der Waals surface area contributed by atoms with Gasteiger partial charge in [0.15, 0.2) is 0 Å². The number of allylic oxidation sites excluding steroid dienone is 1. The quantitative estimate of drug-likeness (QED) is 0.507. The lowest BCUT2D eigenvalue weighted by atomic mass is 10.8. The normalized spacial score (nSPS) is 10.3. The van der Waals surface area contributed by atoms with Crippen LogP contribution in [0.5, 0.6) is 0 Å². The molecule has 0 bridgehead atoms. The lowest BCUT2D eigenvalue weighted by molar-refractivity contribution is 0.253. The van der Waals surface area contributed by atoms with E-state index in [0.717, 1.165) is 6.04 Å². The summed E-state index contributed by atoms with van der Waals surface area (Å²) in [6, 6.07) is 0.847. The molecule has 4 heteroatoms. The third-order valence-corrected chi connectivity index (χ3v) is 4.14. The summed E-state index contributed by atoms with van der Waals surface area (Å²) < 4.78 is 10.3. The second kappa shape index (κ2) is 5.61. The van der Waals surface area contributed by atoms with Gasteiger partial charge >= 0.3 is 8.56 Å². The van der Waals surface area contributed by atoms with Crippen LogP contribution in [0.2, 0.25) is 12.6 Å². The summed E-state index contributed by atoms with van der Waals surface area (Å²) in [5.41, 5.74) is 0. The molecule has 3 N–H and O–H groups in total. The van der Waals surface area contributed by atoms with Crippen LogP contribution >= 0.6 is 0 Å². The van der Waals surface area contributed by atoms with E-state index < -0.39 is 8.56 Å². The van der Waals surface area contributed by atoms with E-state index in [0.29, 0.717) is 0 Å². The molecule has 0 aromatic carbocycles. The largest absolute Gasteiger partial charge is 0.398 e. The van der Waals surface area contributed by atoms with Gasteiger partial charge in [0, 0.05) is 20.3 Å². The SMILES string of the molecule is C=CC[Si](C)(OC)OC.N. The Kier molecular flexibility index (Phi) is 7.02. The van der Waals surface area contributed by atoms with Gasteiger partial charge in [-0.2, -0.15) is 0 Å².